The van der Waals surface area contributed by atoms with Crippen molar-refractivity contribution < 1.29 is 14.7 Å². The second-order valence-corrected chi connectivity index (χ2v) is 7.52. The van der Waals surface area contributed by atoms with E-state index in [2.05, 4.69) is 36.1 Å². The van der Waals surface area contributed by atoms with Crippen molar-refractivity contribution in [3.05, 3.63) is 69.9 Å². The van der Waals surface area contributed by atoms with Crippen LogP contribution in [0.5, 0.6) is 0 Å². The number of amides is 1. The van der Waals surface area contributed by atoms with Gasteiger partial charge in [0.2, 0.25) is 0 Å². The van der Waals surface area contributed by atoms with E-state index >= 15 is 0 Å². The zero-order valence-corrected chi connectivity index (χ0v) is 17.3. The number of rotatable bonds is 3. The zero-order chi connectivity index (χ0) is 21.2. The maximum Gasteiger partial charge on any atom is 0.337 e. The van der Waals surface area contributed by atoms with Gasteiger partial charge in [-0.2, -0.15) is 0 Å². The Morgan fingerprint density at radius 3 is 2.32 bits per heavy atom. The maximum absolute atomic E-state index is 12.3. The van der Waals surface area contributed by atoms with Crippen LogP contribution < -0.4 is 5.32 Å². The number of aryl methyl sites for hydroxylation is 1. The van der Waals surface area contributed by atoms with E-state index in [9.17, 15) is 14.7 Å². The van der Waals surface area contributed by atoms with Crippen LogP contribution in [0.25, 0.3) is 17.2 Å². The molecule has 1 aliphatic heterocycles. The number of carboxylic acids is 1. The minimum absolute atomic E-state index is 0.201. The molecule has 2 heterocycles. The number of H-pyrrole nitrogens is 1. The molecule has 1 aromatic carbocycles. The number of carbonyl (C=O) groups excluding carboxylic acids is 1. The number of nitrogens with one attached hydrogen (secondary N) is 2. The Labute approximate surface area is 170 Å². The number of allylic oxidation sites excluding steroid dienone is 2. The molecule has 5 nitrogen and oxygen atoms in total. The number of carboxylic acid groups (broad SMARTS) is 1. The Bertz CT molecular complexity index is 1020. The van der Waals surface area contributed by atoms with Crippen molar-refractivity contribution in [2.45, 2.75) is 27.7 Å². The molecule has 0 atom stereocenters. The molecule has 146 valence electrons. The van der Waals surface area contributed by atoms with Gasteiger partial charge >= 0.3 is 5.97 Å². The Balaban J connectivity index is 0.000000640. The summed E-state index contributed by atoms with van der Waals surface area (Å²) in [6.45, 7) is 14.5. The van der Waals surface area contributed by atoms with Crippen molar-refractivity contribution in [2.75, 3.05) is 5.32 Å². The number of anilines is 1. The lowest BCUT2D eigenvalue weighted by Gasteiger charge is -2.04. The minimum Gasteiger partial charge on any atom is -0.478 e. The average Bonchev–Trinajstić information content (AvgIpc) is 3.03. The number of hydrogen-bond acceptors (Lipinski definition) is 3. The number of benzene rings is 1. The van der Waals surface area contributed by atoms with Crippen LogP contribution in [0.4, 0.5) is 5.69 Å². The van der Waals surface area contributed by atoms with E-state index in [1.807, 2.05) is 32.0 Å². The van der Waals surface area contributed by atoms with Crippen molar-refractivity contribution in [3.8, 4) is 0 Å². The highest BCUT2D eigenvalue weighted by Gasteiger charge is 2.25. The van der Waals surface area contributed by atoms with Crippen LogP contribution in [0.15, 0.2) is 36.3 Å². The summed E-state index contributed by atoms with van der Waals surface area (Å²) in [6.07, 6.45) is 1.71. The van der Waals surface area contributed by atoms with Gasteiger partial charge in [-0.25, -0.2) is 4.79 Å². The largest absolute Gasteiger partial charge is 0.478 e. The monoisotopic (exact) mass is 396 g/mol. The highest BCUT2D eigenvalue weighted by molar-refractivity contribution is 7.84. The van der Waals surface area contributed by atoms with Crippen LogP contribution in [-0.2, 0) is 4.79 Å². The molecule has 0 fully saturated rings. The lowest BCUT2D eigenvalue weighted by Crippen LogP contribution is -2.03. The molecule has 1 amide bonds. The first-order valence-electron chi connectivity index (χ1n) is 8.63. The summed E-state index contributed by atoms with van der Waals surface area (Å²) in [5.74, 6) is -1.18. The van der Waals surface area contributed by atoms with Crippen molar-refractivity contribution in [2.24, 2.45) is 0 Å². The smallest absolute Gasteiger partial charge is 0.337 e. The van der Waals surface area contributed by atoms with E-state index in [-0.39, 0.29) is 11.5 Å². The molecule has 0 bridgehead atoms. The van der Waals surface area contributed by atoms with Gasteiger partial charge in [-0.15, -0.1) is 12.6 Å². The van der Waals surface area contributed by atoms with Crippen molar-refractivity contribution in [3.63, 3.8) is 0 Å². The van der Waals surface area contributed by atoms with Crippen LogP contribution in [0.1, 0.15) is 52.3 Å². The minimum atomic E-state index is -0.980. The number of aromatic carboxylic acids is 1. The van der Waals surface area contributed by atoms with Gasteiger partial charge in [-0.1, -0.05) is 24.8 Å². The van der Waals surface area contributed by atoms with Crippen LogP contribution in [0.3, 0.4) is 0 Å². The molecular formula is C22H24N2O3S. The molecule has 0 saturated heterocycles. The summed E-state index contributed by atoms with van der Waals surface area (Å²) < 4.78 is 0. The first-order chi connectivity index (χ1) is 13.0. The van der Waals surface area contributed by atoms with E-state index in [0.717, 1.165) is 27.3 Å². The average molecular weight is 397 g/mol. The van der Waals surface area contributed by atoms with Gasteiger partial charge in [0, 0.05) is 22.6 Å². The highest BCUT2D eigenvalue weighted by Crippen LogP contribution is 2.35. The zero-order valence-electron chi connectivity index (χ0n) is 16.4. The van der Waals surface area contributed by atoms with E-state index in [4.69, 9.17) is 0 Å². The summed E-state index contributed by atoms with van der Waals surface area (Å²) in [5, 5.41) is 12.1. The normalized spacial score (nSPS) is 13.5. The molecule has 2 aromatic rings. The maximum atomic E-state index is 12.3. The van der Waals surface area contributed by atoms with E-state index in [1.54, 1.807) is 19.9 Å². The highest BCUT2D eigenvalue weighted by atomic mass is 32.1. The fourth-order valence-corrected chi connectivity index (χ4v) is 2.98. The Morgan fingerprint density at radius 2 is 1.82 bits per heavy atom. The summed E-state index contributed by atoms with van der Waals surface area (Å²) >= 11 is 3.77. The topological polar surface area (TPSA) is 82.2 Å². The summed E-state index contributed by atoms with van der Waals surface area (Å²) in [4.78, 5) is 27.6. The molecule has 6 heteroatoms. The number of thiol groups is 1. The second kappa shape index (κ2) is 8.35. The van der Waals surface area contributed by atoms with E-state index in [0.29, 0.717) is 22.5 Å². The van der Waals surface area contributed by atoms with Crippen molar-refractivity contribution in [1.29, 1.82) is 0 Å². The fraction of sp³-hybridized carbons (Fsp3) is 0.182. The Kier molecular flexibility index (Phi) is 6.36. The number of aromatic amines is 1. The van der Waals surface area contributed by atoms with Crippen LogP contribution in [0.2, 0.25) is 0 Å². The van der Waals surface area contributed by atoms with Crippen molar-refractivity contribution in [1.82, 2.24) is 4.98 Å². The third-order valence-electron chi connectivity index (χ3n) is 4.27. The van der Waals surface area contributed by atoms with Crippen LogP contribution in [-0.4, -0.2) is 22.0 Å². The standard InChI is InChI=1S/C19H18N2O3.C3H6S/c1-9(2)12-5-6-15-13(7-12)14(18(22)21-15)8-16-10(3)17(19(23)24)11(4)20-16;1-3(2)4/h5-8,20H,1H2,2-4H3,(H,21,22)(H,23,24);4H,1H2,2H3/b14-8-;. The SMILES string of the molecule is C=C(C)S.C=C(C)c1ccc2c(c1)/C(=C/c1[nH]c(C)c(C(=O)O)c1C)C(=O)N2. The summed E-state index contributed by atoms with van der Waals surface area (Å²) in [7, 11) is 0. The van der Waals surface area contributed by atoms with E-state index in [1.165, 1.54) is 0 Å². The summed E-state index contributed by atoms with van der Waals surface area (Å²) in [5.41, 5.74) is 5.98. The Morgan fingerprint density at radius 1 is 1.21 bits per heavy atom. The number of fused-ring (bicyclic) bond motifs is 1. The molecule has 28 heavy (non-hydrogen) atoms. The second-order valence-electron chi connectivity index (χ2n) is 6.76. The lowest BCUT2D eigenvalue weighted by atomic mass is 9.99. The molecule has 3 N–H and O–H groups in total. The van der Waals surface area contributed by atoms with Gasteiger partial charge in [0.15, 0.2) is 0 Å². The number of carbonyl (C=O) groups is 2. The fourth-order valence-electron chi connectivity index (χ4n) is 2.98. The molecule has 1 aromatic heterocycles. The van der Waals surface area contributed by atoms with Crippen molar-refractivity contribution >= 4 is 47.4 Å². The molecule has 3 rings (SSSR count). The van der Waals surface area contributed by atoms with Gasteiger partial charge in [0.25, 0.3) is 5.91 Å². The number of aromatic nitrogens is 1. The Hall–Kier alpha value is -2.99. The van der Waals surface area contributed by atoms with Crippen LogP contribution >= 0.6 is 12.6 Å². The first-order valence-corrected chi connectivity index (χ1v) is 9.08. The van der Waals surface area contributed by atoms with Gasteiger partial charge in [0.1, 0.15) is 0 Å². The van der Waals surface area contributed by atoms with Gasteiger partial charge in [-0.05, 0) is 61.9 Å². The van der Waals surface area contributed by atoms with E-state index < -0.39 is 5.97 Å². The lowest BCUT2D eigenvalue weighted by molar-refractivity contribution is -0.110. The van der Waals surface area contributed by atoms with Gasteiger partial charge in [-0.3, -0.25) is 4.79 Å². The third-order valence-corrected chi connectivity index (χ3v) is 4.27. The number of hydrogen-bond donors (Lipinski definition) is 4. The molecule has 0 unspecified atom stereocenters. The molecule has 0 spiro atoms. The molecular weight excluding hydrogens is 372 g/mol. The first kappa shape index (κ1) is 21.3. The quantitative estimate of drug-likeness (QED) is 0.419. The molecule has 0 saturated carbocycles. The third kappa shape index (κ3) is 4.46. The molecule has 0 radical (unpaired) electrons. The summed E-state index contributed by atoms with van der Waals surface area (Å²) in [6, 6.07) is 5.69. The predicted molar refractivity (Wildman–Crippen MR) is 119 cm³/mol. The predicted octanol–water partition coefficient (Wildman–Crippen LogP) is 5.31. The van der Waals surface area contributed by atoms with Gasteiger partial charge in [0.05, 0.1) is 11.1 Å². The van der Waals surface area contributed by atoms with Crippen LogP contribution in [0, 0.1) is 13.8 Å². The molecule has 1 aliphatic rings. The van der Waals surface area contributed by atoms with Gasteiger partial charge < -0.3 is 15.4 Å². The molecule has 0 aliphatic carbocycles.